The van der Waals surface area contributed by atoms with Crippen molar-refractivity contribution in [2.75, 3.05) is 18.2 Å². The van der Waals surface area contributed by atoms with Crippen molar-refractivity contribution < 1.29 is 13.2 Å². The maximum Gasteiger partial charge on any atom is 0.248 e. The Morgan fingerprint density at radius 3 is 2.55 bits per heavy atom. The summed E-state index contributed by atoms with van der Waals surface area (Å²) < 4.78 is 29.7. The summed E-state index contributed by atoms with van der Waals surface area (Å²) in [5.41, 5.74) is 6.64. The highest BCUT2D eigenvalue weighted by molar-refractivity contribution is 8.00. The number of anilines is 3. The Balaban J connectivity index is 1.60. The van der Waals surface area contributed by atoms with E-state index in [9.17, 15) is 8.42 Å². The Kier molecular flexibility index (Phi) is 5.98. The number of hydrogen-bond donors (Lipinski definition) is 3. The lowest BCUT2D eigenvalue weighted by Gasteiger charge is -2.13. The minimum absolute atomic E-state index is 0.00839. The molecule has 164 valence electrons. The largest absolute Gasteiger partial charge is 0.490 e. The fraction of sp³-hybridized carbons (Fsp3) is 0.333. The van der Waals surface area contributed by atoms with Crippen molar-refractivity contribution in [3.05, 3.63) is 30.6 Å². The number of nitrogens with zero attached hydrogens (tertiary/aromatic N) is 5. The van der Waals surface area contributed by atoms with Crippen molar-refractivity contribution in [1.82, 2.24) is 24.7 Å². The number of nitrogen functional groups attached to an aromatic ring is 1. The number of methoxy groups -OCH3 is 1. The summed E-state index contributed by atoms with van der Waals surface area (Å²) in [5.74, 6) is 1.20. The highest BCUT2D eigenvalue weighted by Crippen LogP contribution is 2.39. The first kappa shape index (κ1) is 21.3. The average Bonchev–Trinajstić information content (AvgIpc) is 3.37. The van der Waals surface area contributed by atoms with Gasteiger partial charge in [0.15, 0.2) is 5.75 Å². The number of sulfonamides is 1. The van der Waals surface area contributed by atoms with E-state index >= 15 is 0 Å². The molecule has 0 spiro atoms. The van der Waals surface area contributed by atoms with Gasteiger partial charge in [-0.1, -0.05) is 24.6 Å². The normalized spacial score (nSPS) is 14.6. The van der Waals surface area contributed by atoms with Crippen molar-refractivity contribution in [2.24, 2.45) is 5.14 Å². The number of thioether (sulfide) groups is 1. The van der Waals surface area contributed by atoms with Crippen LogP contribution in [0, 0.1) is 0 Å². The van der Waals surface area contributed by atoms with Gasteiger partial charge in [0.05, 0.1) is 12.0 Å². The van der Waals surface area contributed by atoms with E-state index in [0.29, 0.717) is 22.5 Å². The zero-order valence-corrected chi connectivity index (χ0v) is 18.4. The van der Waals surface area contributed by atoms with Gasteiger partial charge in [-0.3, -0.25) is 0 Å². The maximum atomic E-state index is 11.4. The minimum atomic E-state index is -3.76. The lowest BCUT2D eigenvalue weighted by atomic mass is 10.3. The maximum absolute atomic E-state index is 11.4. The zero-order chi connectivity index (χ0) is 22.0. The van der Waals surface area contributed by atoms with Crippen LogP contribution in [0.2, 0.25) is 0 Å². The van der Waals surface area contributed by atoms with Gasteiger partial charge >= 0.3 is 0 Å². The SMILES string of the molecule is COc1c(SC2CCCC2)ncnc1-n1nc(Nc2ccc(S(N)(=O)=O)cc2)nc1N. The second kappa shape index (κ2) is 8.69. The zero-order valence-electron chi connectivity index (χ0n) is 16.7. The van der Waals surface area contributed by atoms with E-state index in [1.807, 2.05) is 0 Å². The molecule has 31 heavy (non-hydrogen) atoms. The first-order valence-corrected chi connectivity index (χ1v) is 12.0. The molecule has 4 rings (SSSR count). The quantitative estimate of drug-likeness (QED) is 0.443. The Morgan fingerprint density at radius 2 is 1.90 bits per heavy atom. The van der Waals surface area contributed by atoms with Crippen LogP contribution in [0.15, 0.2) is 40.5 Å². The number of hydrogen-bond acceptors (Lipinski definition) is 10. The second-order valence-electron chi connectivity index (χ2n) is 6.96. The van der Waals surface area contributed by atoms with Crippen LogP contribution in [0.3, 0.4) is 0 Å². The van der Waals surface area contributed by atoms with Crippen LogP contribution in [-0.2, 0) is 10.0 Å². The predicted octanol–water partition coefficient (Wildman–Crippen LogP) is 2.07. The summed E-state index contributed by atoms with van der Waals surface area (Å²) in [6, 6.07) is 5.88. The molecule has 1 aliphatic carbocycles. The van der Waals surface area contributed by atoms with Crippen LogP contribution in [0.1, 0.15) is 25.7 Å². The molecule has 5 N–H and O–H groups in total. The molecule has 13 heteroatoms. The molecule has 0 unspecified atom stereocenters. The fourth-order valence-electron chi connectivity index (χ4n) is 3.32. The van der Waals surface area contributed by atoms with Gasteiger partial charge in [-0.25, -0.2) is 23.5 Å². The molecule has 0 saturated heterocycles. The molecule has 3 aromatic rings. The van der Waals surface area contributed by atoms with Crippen LogP contribution in [-0.4, -0.2) is 45.5 Å². The van der Waals surface area contributed by atoms with Gasteiger partial charge in [0, 0.05) is 10.9 Å². The number of primary sulfonamides is 1. The fourth-order valence-corrected chi connectivity index (χ4v) is 5.11. The second-order valence-corrected chi connectivity index (χ2v) is 9.81. The summed E-state index contributed by atoms with van der Waals surface area (Å²) >= 11 is 1.68. The standard InChI is InChI=1S/C18H22N8O3S2/c1-29-14-15(21-10-22-16(14)30-12-4-2-3-5-12)26-17(19)24-18(25-26)23-11-6-8-13(9-7-11)31(20,27)28/h6-10,12H,2-5H2,1H3,(H2,20,27,28)(H3,19,23,24,25). The smallest absolute Gasteiger partial charge is 0.248 e. The number of rotatable bonds is 7. The van der Waals surface area contributed by atoms with Crippen molar-refractivity contribution >= 4 is 39.4 Å². The lowest BCUT2D eigenvalue weighted by Crippen LogP contribution is -2.11. The highest BCUT2D eigenvalue weighted by atomic mass is 32.2. The molecule has 2 heterocycles. The van der Waals surface area contributed by atoms with Crippen molar-refractivity contribution in [3.63, 3.8) is 0 Å². The van der Waals surface area contributed by atoms with E-state index in [4.69, 9.17) is 15.6 Å². The van der Waals surface area contributed by atoms with E-state index in [2.05, 4.69) is 25.4 Å². The third-order valence-corrected chi connectivity index (χ3v) is 7.06. The van der Waals surface area contributed by atoms with Gasteiger partial charge in [-0.15, -0.1) is 5.10 Å². The van der Waals surface area contributed by atoms with Gasteiger partial charge in [0.2, 0.25) is 27.7 Å². The number of ether oxygens (including phenoxy) is 1. The monoisotopic (exact) mass is 462 g/mol. The van der Waals surface area contributed by atoms with E-state index in [1.165, 1.54) is 36.0 Å². The molecule has 1 aliphatic rings. The summed E-state index contributed by atoms with van der Waals surface area (Å²) in [5, 5.41) is 13.7. The van der Waals surface area contributed by atoms with Crippen molar-refractivity contribution in [1.29, 1.82) is 0 Å². The molecule has 0 atom stereocenters. The summed E-state index contributed by atoms with van der Waals surface area (Å²) in [4.78, 5) is 12.9. The molecule has 0 radical (unpaired) electrons. The Hall–Kier alpha value is -2.90. The van der Waals surface area contributed by atoms with Gasteiger partial charge in [0.25, 0.3) is 0 Å². The Bertz CT molecular complexity index is 1180. The third kappa shape index (κ3) is 4.73. The first-order chi connectivity index (χ1) is 14.8. The molecule has 1 aromatic carbocycles. The molecule has 11 nitrogen and oxygen atoms in total. The molecule has 0 bridgehead atoms. The molecule has 1 fully saturated rings. The lowest BCUT2D eigenvalue weighted by molar-refractivity contribution is 0.394. The van der Waals surface area contributed by atoms with Crippen LogP contribution in [0.4, 0.5) is 17.6 Å². The summed E-state index contributed by atoms with van der Waals surface area (Å²) in [6.07, 6.45) is 6.20. The Morgan fingerprint density at radius 1 is 1.19 bits per heavy atom. The summed E-state index contributed by atoms with van der Waals surface area (Å²) in [6.45, 7) is 0. The number of benzene rings is 1. The average molecular weight is 463 g/mol. The van der Waals surface area contributed by atoms with Crippen LogP contribution in [0.25, 0.3) is 5.82 Å². The van der Waals surface area contributed by atoms with Crippen molar-refractivity contribution in [3.8, 4) is 11.6 Å². The highest BCUT2D eigenvalue weighted by Gasteiger charge is 2.23. The van der Waals surface area contributed by atoms with Crippen LogP contribution < -0.4 is 20.9 Å². The first-order valence-electron chi connectivity index (χ1n) is 9.53. The van der Waals surface area contributed by atoms with Crippen LogP contribution >= 0.6 is 11.8 Å². The summed E-state index contributed by atoms with van der Waals surface area (Å²) in [7, 11) is -2.21. The minimum Gasteiger partial charge on any atom is -0.490 e. The van der Waals surface area contributed by atoms with E-state index in [-0.39, 0.29) is 16.8 Å². The van der Waals surface area contributed by atoms with E-state index in [0.717, 1.165) is 17.9 Å². The third-order valence-electron chi connectivity index (χ3n) is 4.81. The van der Waals surface area contributed by atoms with E-state index < -0.39 is 10.0 Å². The number of nitrogens with two attached hydrogens (primary N) is 2. The predicted molar refractivity (Wildman–Crippen MR) is 117 cm³/mol. The molecular formula is C18H22N8O3S2. The molecule has 2 aromatic heterocycles. The van der Waals surface area contributed by atoms with Crippen LogP contribution in [0.5, 0.6) is 5.75 Å². The molecular weight excluding hydrogens is 440 g/mol. The van der Waals surface area contributed by atoms with Crippen molar-refractivity contribution in [2.45, 2.75) is 40.9 Å². The molecule has 0 aliphatic heterocycles. The van der Waals surface area contributed by atoms with Gasteiger partial charge < -0.3 is 15.8 Å². The molecule has 1 saturated carbocycles. The Labute approximate surface area is 183 Å². The van der Waals surface area contributed by atoms with Gasteiger partial charge in [-0.05, 0) is 37.1 Å². The van der Waals surface area contributed by atoms with E-state index in [1.54, 1.807) is 31.0 Å². The number of aromatic nitrogens is 5. The number of nitrogens with one attached hydrogen (secondary N) is 1. The molecule has 0 amide bonds. The van der Waals surface area contributed by atoms with Gasteiger partial charge in [-0.2, -0.15) is 9.67 Å². The topological polar surface area (TPSA) is 164 Å². The van der Waals surface area contributed by atoms with Gasteiger partial charge in [0.1, 0.15) is 11.4 Å².